The van der Waals surface area contributed by atoms with Gasteiger partial charge < -0.3 is 26.4 Å². The van der Waals surface area contributed by atoms with Crippen LogP contribution in [-0.2, 0) is 19.2 Å². The summed E-state index contributed by atoms with van der Waals surface area (Å²) >= 11 is 0. The number of nitrogens with zero attached hydrogens (tertiary/aromatic N) is 1. The standard InChI is InChI=1S/C15H26N4O5/c1-8(2)12(18-13(21)9(3)17-11(20)7-16)14(22)19-6-4-5-10(19)15(23)24/h8-10,12H,4-7,16H2,1-3H3,(H,17,20)(H,18,21)(H,23,24). The molecule has 136 valence electrons. The predicted molar refractivity (Wildman–Crippen MR) is 85.8 cm³/mol. The monoisotopic (exact) mass is 342 g/mol. The van der Waals surface area contributed by atoms with Crippen molar-refractivity contribution < 1.29 is 24.3 Å². The van der Waals surface area contributed by atoms with Crippen LogP contribution < -0.4 is 16.4 Å². The molecule has 1 heterocycles. The smallest absolute Gasteiger partial charge is 0.326 e. The van der Waals surface area contributed by atoms with E-state index in [0.717, 1.165) is 0 Å². The van der Waals surface area contributed by atoms with E-state index in [0.29, 0.717) is 19.4 Å². The average Bonchev–Trinajstić information content (AvgIpc) is 3.00. The first-order valence-corrected chi connectivity index (χ1v) is 8.02. The van der Waals surface area contributed by atoms with Crippen LogP contribution in [0.1, 0.15) is 33.6 Å². The van der Waals surface area contributed by atoms with Gasteiger partial charge >= 0.3 is 5.97 Å². The predicted octanol–water partition coefficient (Wildman–Crippen LogP) is -1.33. The summed E-state index contributed by atoms with van der Waals surface area (Å²) in [5, 5.41) is 14.2. The Kier molecular flexibility index (Phi) is 7.15. The van der Waals surface area contributed by atoms with Gasteiger partial charge in [0, 0.05) is 6.54 Å². The van der Waals surface area contributed by atoms with Gasteiger partial charge in [-0.3, -0.25) is 14.4 Å². The Labute approximate surface area is 140 Å². The Morgan fingerprint density at radius 2 is 1.83 bits per heavy atom. The minimum Gasteiger partial charge on any atom is -0.480 e. The van der Waals surface area contributed by atoms with E-state index in [2.05, 4.69) is 10.6 Å². The van der Waals surface area contributed by atoms with Gasteiger partial charge in [-0.25, -0.2) is 4.79 Å². The molecule has 0 aromatic heterocycles. The summed E-state index contributed by atoms with van der Waals surface area (Å²) in [5.74, 6) is -2.68. The molecule has 0 saturated carbocycles. The molecule has 3 unspecified atom stereocenters. The fourth-order valence-corrected chi connectivity index (χ4v) is 2.62. The van der Waals surface area contributed by atoms with Crippen molar-refractivity contribution in [3.8, 4) is 0 Å². The van der Waals surface area contributed by atoms with E-state index in [9.17, 15) is 24.3 Å². The molecule has 0 aromatic rings. The molecule has 24 heavy (non-hydrogen) atoms. The summed E-state index contributed by atoms with van der Waals surface area (Å²) in [4.78, 5) is 48.7. The van der Waals surface area contributed by atoms with Crippen molar-refractivity contribution in [2.24, 2.45) is 11.7 Å². The summed E-state index contributed by atoms with van der Waals surface area (Å²) in [6, 6.07) is -2.55. The number of nitrogens with one attached hydrogen (secondary N) is 2. The second-order valence-electron chi connectivity index (χ2n) is 6.25. The highest BCUT2D eigenvalue weighted by Crippen LogP contribution is 2.20. The molecule has 3 atom stereocenters. The number of carbonyl (C=O) groups excluding carboxylic acids is 3. The van der Waals surface area contributed by atoms with Gasteiger partial charge in [0.25, 0.3) is 0 Å². The molecule has 1 saturated heterocycles. The lowest BCUT2D eigenvalue weighted by Gasteiger charge is -2.30. The number of hydrogen-bond acceptors (Lipinski definition) is 5. The second-order valence-corrected chi connectivity index (χ2v) is 6.25. The average molecular weight is 342 g/mol. The van der Waals surface area contributed by atoms with E-state index in [1.807, 2.05) is 0 Å². The lowest BCUT2D eigenvalue weighted by molar-refractivity contribution is -0.150. The topological polar surface area (TPSA) is 142 Å². The molecule has 0 aliphatic carbocycles. The van der Waals surface area contributed by atoms with Gasteiger partial charge in [-0.15, -0.1) is 0 Å². The Balaban J connectivity index is 2.79. The quantitative estimate of drug-likeness (QED) is 0.451. The Hall–Kier alpha value is -2.16. The van der Waals surface area contributed by atoms with E-state index in [1.54, 1.807) is 13.8 Å². The summed E-state index contributed by atoms with van der Waals surface area (Å²) in [6.07, 6.45) is 1.02. The van der Waals surface area contributed by atoms with Crippen molar-refractivity contribution in [1.82, 2.24) is 15.5 Å². The fraction of sp³-hybridized carbons (Fsp3) is 0.733. The van der Waals surface area contributed by atoms with E-state index >= 15 is 0 Å². The van der Waals surface area contributed by atoms with Crippen LogP contribution in [-0.4, -0.2) is 64.9 Å². The second kappa shape index (κ2) is 8.62. The third-order valence-corrected chi connectivity index (χ3v) is 4.01. The van der Waals surface area contributed by atoms with Crippen LogP contribution in [0.5, 0.6) is 0 Å². The molecule has 9 heteroatoms. The highest BCUT2D eigenvalue weighted by Gasteiger charge is 2.38. The van der Waals surface area contributed by atoms with Gasteiger partial charge in [0.05, 0.1) is 6.54 Å². The van der Waals surface area contributed by atoms with E-state index in [-0.39, 0.29) is 12.5 Å². The maximum Gasteiger partial charge on any atom is 0.326 e. The van der Waals surface area contributed by atoms with Crippen molar-refractivity contribution in [1.29, 1.82) is 0 Å². The normalized spacial score (nSPS) is 19.7. The molecular formula is C15H26N4O5. The summed E-state index contributed by atoms with van der Waals surface area (Å²) in [7, 11) is 0. The molecule has 0 radical (unpaired) electrons. The Morgan fingerprint density at radius 1 is 1.21 bits per heavy atom. The number of carboxylic acid groups (broad SMARTS) is 1. The van der Waals surface area contributed by atoms with Gasteiger partial charge in [-0.2, -0.15) is 0 Å². The molecule has 0 spiro atoms. The number of amides is 3. The van der Waals surface area contributed by atoms with Gasteiger partial charge in [-0.1, -0.05) is 13.8 Å². The van der Waals surface area contributed by atoms with Crippen LogP contribution >= 0.6 is 0 Å². The highest BCUT2D eigenvalue weighted by molar-refractivity contribution is 5.93. The Bertz CT molecular complexity index is 508. The SMILES string of the molecule is CC(NC(=O)CN)C(=O)NC(C(=O)N1CCCC1C(=O)O)C(C)C. The van der Waals surface area contributed by atoms with Gasteiger partial charge in [-0.05, 0) is 25.7 Å². The number of carbonyl (C=O) groups is 4. The lowest BCUT2D eigenvalue weighted by Crippen LogP contribution is -2.57. The maximum atomic E-state index is 12.7. The number of hydrogen-bond donors (Lipinski definition) is 4. The summed E-state index contributed by atoms with van der Waals surface area (Å²) in [6.45, 7) is 5.13. The molecule has 3 amide bonds. The molecule has 5 N–H and O–H groups in total. The van der Waals surface area contributed by atoms with Crippen LogP contribution in [0.3, 0.4) is 0 Å². The van der Waals surface area contributed by atoms with E-state index in [1.165, 1.54) is 11.8 Å². The van der Waals surface area contributed by atoms with Crippen molar-refractivity contribution in [2.75, 3.05) is 13.1 Å². The number of carboxylic acids is 1. The lowest BCUT2D eigenvalue weighted by atomic mass is 10.0. The van der Waals surface area contributed by atoms with Crippen LogP contribution in [0.25, 0.3) is 0 Å². The zero-order valence-corrected chi connectivity index (χ0v) is 14.2. The summed E-state index contributed by atoms with van der Waals surface area (Å²) < 4.78 is 0. The molecule has 9 nitrogen and oxygen atoms in total. The Morgan fingerprint density at radius 3 is 2.33 bits per heavy atom. The van der Waals surface area contributed by atoms with E-state index < -0.39 is 41.8 Å². The minimum absolute atomic E-state index is 0.228. The zero-order valence-electron chi connectivity index (χ0n) is 14.2. The molecule has 1 rings (SSSR count). The van der Waals surface area contributed by atoms with Crippen LogP contribution in [0.15, 0.2) is 0 Å². The zero-order chi connectivity index (χ0) is 18.4. The van der Waals surface area contributed by atoms with Crippen LogP contribution in [0, 0.1) is 5.92 Å². The van der Waals surface area contributed by atoms with Crippen molar-refractivity contribution in [3.05, 3.63) is 0 Å². The van der Waals surface area contributed by atoms with E-state index in [4.69, 9.17) is 5.73 Å². The number of aliphatic carboxylic acids is 1. The molecular weight excluding hydrogens is 316 g/mol. The van der Waals surface area contributed by atoms with Gasteiger partial charge in [0.2, 0.25) is 17.7 Å². The van der Waals surface area contributed by atoms with Gasteiger partial charge in [0.1, 0.15) is 18.1 Å². The first-order chi connectivity index (χ1) is 11.2. The molecule has 0 aromatic carbocycles. The third kappa shape index (κ3) is 4.92. The molecule has 0 bridgehead atoms. The highest BCUT2D eigenvalue weighted by atomic mass is 16.4. The third-order valence-electron chi connectivity index (χ3n) is 4.01. The van der Waals surface area contributed by atoms with Gasteiger partial charge in [0.15, 0.2) is 0 Å². The molecule has 1 aliphatic rings. The largest absolute Gasteiger partial charge is 0.480 e. The molecule has 1 fully saturated rings. The first kappa shape index (κ1) is 19.9. The van der Waals surface area contributed by atoms with Crippen molar-refractivity contribution in [3.63, 3.8) is 0 Å². The van der Waals surface area contributed by atoms with Crippen molar-refractivity contribution in [2.45, 2.75) is 51.7 Å². The number of likely N-dealkylation sites (tertiary alicyclic amines) is 1. The first-order valence-electron chi connectivity index (χ1n) is 8.02. The summed E-state index contributed by atoms with van der Waals surface area (Å²) in [5.41, 5.74) is 5.18. The van der Waals surface area contributed by atoms with Crippen LogP contribution in [0.2, 0.25) is 0 Å². The van der Waals surface area contributed by atoms with Crippen molar-refractivity contribution >= 4 is 23.7 Å². The fourth-order valence-electron chi connectivity index (χ4n) is 2.62. The number of rotatable bonds is 7. The maximum absolute atomic E-state index is 12.7. The minimum atomic E-state index is -1.04. The molecule has 1 aliphatic heterocycles. The number of nitrogens with two attached hydrogens (primary N) is 1. The van der Waals surface area contributed by atoms with Crippen LogP contribution in [0.4, 0.5) is 0 Å².